The molecule has 0 amide bonds. The van der Waals surface area contributed by atoms with Gasteiger partial charge in [0.15, 0.2) is 5.84 Å². The second-order valence-corrected chi connectivity index (χ2v) is 4.42. The minimum absolute atomic E-state index is 0.0715. The molecule has 2 rings (SSSR count). The molecule has 0 radical (unpaired) electrons. The summed E-state index contributed by atoms with van der Waals surface area (Å²) >= 11 is 0. The molecule has 0 atom stereocenters. The Morgan fingerprint density at radius 2 is 1.90 bits per heavy atom. The number of benzene rings is 2. The number of halogens is 2. The second kappa shape index (κ2) is 6.81. The van der Waals surface area contributed by atoms with Gasteiger partial charge in [0.1, 0.15) is 11.6 Å². The first kappa shape index (κ1) is 14.9. The van der Waals surface area contributed by atoms with Gasteiger partial charge in [-0.1, -0.05) is 23.4 Å². The van der Waals surface area contributed by atoms with Crippen LogP contribution in [0.2, 0.25) is 0 Å². The normalized spacial score (nSPS) is 11.6. The molecule has 0 aliphatic rings. The van der Waals surface area contributed by atoms with E-state index in [-0.39, 0.29) is 30.4 Å². The number of hydrogen-bond donors (Lipinski definition) is 2. The molecular formula is C15H14F2N2O2. The summed E-state index contributed by atoms with van der Waals surface area (Å²) in [6.07, 6.45) is 0. The van der Waals surface area contributed by atoms with E-state index >= 15 is 0 Å². The first-order valence-corrected chi connectivity index (χ1v) is 6.18. The van der Waals surface area contributed by atoms with Crippen LogP contribution < -0.4 is 5.73 Å². The van der Waals surface area contributed by atoms with Gasteiger partial charge in [0.05, 0.1) is 13.2 Å². The summed E-state index contributed by atoms with van der Waals surface area (Å²) in [5, 5.41) is 11.4. The highest BCUT2D eigenvalue weighted by Crippen LogP contribution is 2.13. The predicted octanol–water partition coefficient (Wildman–Crippen LogP) is 2.78. The number of rotatable bonds is 5. The molecule has 0 aliphatic carbocycles. The Morgan fingerprint density at radius 1 is 1.14 bits per heavy atom. The zero-order chi connectivity index (χ0) is 15.2. The molecule has 2 aromatic rings. The second-order valence-electron chi connectivity index (χ2n) is 4.42. The van der Waals surface area contributed by atoms with Gasteiger partial charge in [0.25, 0.3) is 0 Å². The maximum atomic E-state index is 13.4. The van der Waals surface area contributed by atoms with E-state index < -0.39 is 5.82 Å². The summed E-state index contributed by atoms with van der Waals surface area (Å²) in [5.41, 5.74) is 6.60. The number of amidine groups is 1. The molecule has 4 nitrogen and oxygen atoms in total. The van der Waals surface area contributed by atoms with Gasteiger partial charge >= 0.3 is 0 Å². The Hall–Kier alpha value is -2.47. The lowest BCUT2D eigenvalue weighted by molar-refractivity contribution is 0.104. The molecule has 0 saturated carbocycles. The third-order valence-electron chi connectivity index (χ3n) is 2.85. The summed E-state index contributed by atoms with van der Waals surface area (Å²) in [4.78, 5) is 0. The highest BCUT2D eigenvalue weighted by atomic mass is 19.1. The lowest BCUT2D eigenvalue weighted by atomic mass is 10.1. The monoisotopic (exact) mass is 292 g/mol. The molecule has 3 N–H and O–H groups in total. The third kappa shape index (κ3) is 4.00. The van der Waals surface area contributed by atoms with Crippen LogP contribution in [0.4, 0.5) is 8.78 Å². The van der Waals surface area contributed by atoms with Crippen LogP contribution in [0.5, 0.6) is 0 Å². The first-order chi connectivity index (χ1) is 10.1. The van der Waals surface area contributed by atoms with E-state index in [1.54, 1.807) is 24.3 Å². The highest BCUT2D eigenvalue weighted by molar-refractivity contribution is 5.97. The van der Waals surface area contributed by atoms with Crippen LogP contribution in [-0.2, 0) is 18.0 Å². The summed E-state index contributed by atoms with van der Waals surface area (Å²) in [5.74, 6) is -1.07. The van der Waals surface area contributed by atoms with Crippen molar-refractivity contribution in [2.45, 2.75) is 13.2 Å². The van der Waals surface area contributed by atoms with Crippen LogP contribution in [0.15, 0.2) is 47.6 Å². The quantitative estimate of drug-likeness (QED) is 0.385. The number of nitrogens with zero attached hydrogens (tertiary/aromatic N) is 1. The fourth-order valence-corrected chi connectivity index (χ4v) is 1.83. The number of hydrogen-bond acceptors (Lipinski definition) is 3. The molecule has 0 bridgehead atoms. The smallest absolute Gasteiger partial charge is 0.170 e. The van der Waals surface area contributed by atoms with Crippen LogP contribution in [0.3, 0.4) is 0 Å². The third-order valence-corrected chi connectivity index (χ3v) is 2.85. The number of nitrogens with two attached hydrogens (primary N) is 1. The van der Waals surface area contributed by atoms with Crippen molar-refractivity contribution < 1.29 is 18.7 Å². The van der Waals surface area contributed by atoms with Gasteiger partial charge in [-0.3, -0.25) is 0 Å². The van der Waals surface area contributed by atoms with Crippen molar-refractivity contribution in [3.63, 3.8) is 0 Å². The van der Waals surface area contributed by atoms with Gasteiger partial charge in [-0.15, -0.1) is 0 Å². The van der Waals surface area contributed by atoms with E-state index in [4.69, 9.17) is 15.7 Å². The molecular weight excluding hydrogens is 278 g/mol. The zero-order valence-corrected chi connectivity index (χ0v) is 11.1. The zero-order valence-electron chi connectivity index (χ0n) is 11.1. The standard InChI is InChI=1S/C15H14F2N2O2/c16-13-6-10(5-12(7-13)15(18)19-20)8-21-9-11-3-1-2-4-14(11)17/h1-7,20H,8-9H2,(H2,18,19). The Bertz CT molecular complexity index is 660. The highest BCUT2D eigenvalue weighted by Gasteiger charge is 2.06. The first-order valence-electron chi connectivity index (χ1n) is 6.18. The Labute approximate surface area is 120 Å². The lowest BCUT2D eigenvalue weighted by Crippen LogP contribution is -2.14. The predicted molar refractivity (Wildman–Crippen MR) is 73.8 cm³/mol. The summed E-state index contributed by atoms with van der Waals surface area (Å²) in [6.45, 7) is 0.153. The minimum atomic E-state index is -0.524. The fourth-order valence-electron chi connectivity index (χ4n) is 1.83. The van der Waals surface area contributed by atoms with Gasteiger partial charge in [0.2, 0.25) is 0 Å². The molecule has 0 saturated heterocycles. The van der Waals surface area contributed by atoms with Crippen LogP contribution in [-0.4, -0.2) is 11.0 Å². The topological polar surface area (TPSA) is 67.8 Å². The van der Waals surface area contributed by atoms with E-state index in [2.05, 4.69) is 5.16 Å². The van der Waals surface area contributed by atoms with Crippen LogP contribution in [0.1, 0.15) is 16.7 Å². The largest absolute Gasteiger partial charge is 0.409 e. The molecule has 2 aromatic carbocycles. The van der Waals surface area contributed by atoms with Crippen molar-refractivity contribution in [3.05, 3.63) is 70.8 Å². The molecule has 110 valence electrons. The number of oxime groups is 1. The molecule has 0 spiro atoms. The average Bonchev–Trinajstić information content (AvgIpc) is 2.48. The van der Waals surface area contributed by atoms with Crippen LogP contribution in [0, 0.1) is 11.6 Å². The summed E-state index contributed by atoms with van der Waals surface area (Å²) < 4.78 is 32.2. The molecule has 6 heteroatoms. The number of ether oxygens (including phenoxy) is 1. The van der Waals surface area contributed by atoms with Crippen LogP contribution >= 0.6 is 0 Å². The van der Waals surface area contributed by atoms with E-state index in [0.717, 1.165) is 6.07 Å². The molecule has 0 heterocycles. The van der Waals surface area contributed by atoms with Crippen LogP contribution in [0.25, 0.3) is 0 Å². The van der Waals surface area contributed by atoms with Crippen molar-refractivity contribution in [2.75, 3.05) is 0 Å². The van der Waals surface area contributed by atoms with Crippen molar-refractivity contribution >= 4 is 5.84 Å². The average molecular weight is 292 g/mol. The fraction of sp³-hybridized carbons (Fsp3) is 0.133. The van der Waals surface area contributed by atoms with Gasteiger partial charge < -0.3 is 15.7 Å². The Morgan fingerprint density at radius 3 is 2.62 bits per heavy atom. The molecule has 0 fully saturated rings. The molecule has 0 aromatic heterocycles. The van der Waals surface area contributed by atoms with Gasteiger partial charge in [-0.2, -0.15) is 0 Å². The van der Waals surface area contributed by atoms with E-state index in [0.29, 0.717) is 11.1 Å². The van der Waals surface area contributed by atoms with Crippen molar-refractivity contribution in [1.82, 2.24) is 0 Å². The van der Waals surface area contributed by atoms with Crippen molar-refractivity contribution in [3.8, 4) is 0 Å². The van der Waals surface area contributed by atoms with Gasteiger partial charge in [0, 0.05) is 11.1 Å². The van der Waals surface area contributed by atoms with Crippen molar-refractivity contribution in [1.29, 1.82) is 0 Å². The maximum Gasteiger partial charge on any atom is 0.170 e. The Balaban J connectivity index is 2.04. The van der Waals surface area contributed by atoms with E-state index in [1.165, 1.54) is 12.1 Å². The molecule has 0 aliphatic heterocycles. The maximum absolute atomic E-state index is 13.4. The minimum Gasteiger partial charge on any atom is -0.409 e. The van der Waals surface area contributed by atoms with Gasteiger partial charge in [-0.05, 0) is 29.8 Å². The summed E-state index contributed by atoms with van der Waals surface area (Å²) in [7, 11) is 0. The SMILES string of the molecule is N/C(=N/O)c1cc(F)cc(COCc2ccccc2F)c1. The van der Waals surface area contributed by atoms with Crippen molar-refractivity contribution in [2.24, 2.45) is 10.9 Å². The molecule has 0 unspecified atom stereocenters. The molecule has 21 heavy (non-hydrogen) atoms. The van der Waals surface area contributed by atoms with Gasteiger partial charge in [-0.25, -0.2) is 8.78 Å². The Kier molecular flexibility index (Phi) is 4.84. The lowest BCUT2D eigenvalue weighted by Gasteiger charge is -2.07. The summed E-state index contributed by atoms with van der Waals surface area (Å²) in [6, 6.07) is 10.2. The van der Waals surface area contributed by atoms with E-state index in [9.17, 15) is 8.78 Å². The van der Waals surface area contributed by atoms with E-state index in [1.807, 2.05) is 0 Å².